The van der Waals surface area contributed by atoms with E-state index in [2.05, 4.69) is 10.3 Å². The number of halogens is 4. The second kappa shape index (κ2) is 10.4. The van der Waals surface area contributed by atoms with Crippen LogP contribution in [-0.2, 0) is 20.2 Å². The number of nitrogens with two attached hydrogens (primary N) is 1. The van der Waals surface area contributed by atoms with Crippen molar-refractivity contribution in [3.05, 3.63) is 88.5 Å². The van der Waals surface area contributed by atoms with Gasteiger partial charge in [-0.15, -0.1) is 0 Å². The zero-order valence-electron chi connectivity index (χ0n) is 20.7. The number of benzene rings is 2. The number of rotatable bonds is 6. The van der Waals surface area contributed by atoms with E-state index >= 15 is 0 Å². The molecule has 3 N–H and O–H groups in total. The molecule has 0 spiro atoms. The van der Waals surface area contributed by atoms with E-state index in [9.17, 15) is 31.2 Å². The van der Waals surface area contributed by atoms with E-state index in [0.717, 1.165) is 6.07 Å². The molecule has 2 aliphatic carbocycles. The summed E-state index contributed by atoms with van der Waals surface area (Å²) >= 11 is 6.29. The Hall–Kier alpha value is -3.64. The molecule has 5 rings (SSSR count). The van der Waals surface area contributed by atoms with Gasteiger partial charge in [-0.05, 0) is 49.9 Å². The lowest BCUT2D eigenvalue weighted by Crippen LogP contribution is -2.49. The summed E-state index contributed by atoms with van der Waals surface area (Å²) < 4.78 is 73.8. The lowest BCUT2D eigenvalue weighted by molar-refractivity contribution is -0.0717. The summed E-state index contributed by atoms with van der Waals surface area (Å²) in [6, 6.07) is 8.26. The number of hydrogen-bond donors (Lipinski definition) is 2. The summed E-state index contributed by atoms with van der Waals surface area (Å²) in [4.78, 5) is 28.6. The molecule has 2 saturated carbocycles. The van der Waals surface area contributed by atoms with Crippen molar-refractivity contribution < 1.29 is 35.9 Å². The molecule has 0 radical (unpaired) electrons. The van der Waals surface area contributed by atoms with Crippen molar-refractivity contribution >= 4 is 39.1 Å². The van der Waals surface area contributed by atoms with Crippen molar-refractivity contribution in [2.45, 2.75) is 41.4 Å². The molecule has 0 aliphatic heterocycles. The van der Waals surface area contributed by atoms with Crippen LogP contribution in [0.5, 0.6) is 0 Å². The van der Waals surface area contributed by atoms with Gasteiger partial charge in [0.15, 0.2) is 27.3 Å². The summed E-state index contributed by atoms with van der Waals surface area (Å²) in [7, 11) is -4.10. The molecule has 40 heavy (non-hydrogen) atoms. The number of anilines is 1. The molecule has 2 aromatic carbocycles. The van der Waals surface area contributed by atoms with Crippen molar-refractivity contribution in [2.75, 3.05) is 5.32 Å². The van der Waals surface area contributed by atoms with Gasteiger partial charge in [-0.2, -0.15) is 0 Å². The van der Waals surface area contributed by atoms with Crippen LogP contribution >= 0.6 is 11.6 Å². The minimum absolute atomic E-state index is 0.111. The number of nitrogens with one attached hydrogen (secondary N) is 1. The minimum Gasteiger partial charge on any atom is -0.438 e. The van der Waals surface area contributed by atoms with Gasteiger partial charge < -0.3 is 15.8 Å². The summed E-state index contributed by atoms with van der Waals surface area (Å²) in [5.41, 5.74) is 4.47. The van der Waals surface area contributed by atoms with E-state index in [4.69, 9.17) is 22.1 Å². The molecule has 8 nitrogen and oxygen atoms in total. The highest BCUT2D eigenvalue weighted by Gasteiger charge is 2.60. The molecule has 0 saturated heterocycles. The Labute approximate surface area is 232 Å². The zero-order valence-corrected chi connectivity index (χ0v) is 22.3. The van der Waals surface area contributed by atoms with E-state index in [1.54, 1.807) is 24.5 Å². The predicted molar refractivity (Wildman–Crippen MR) is 139 cm³/mol. The van der Waals surface area contributed by atoms with Crippen molar-refractivity contribution in [3.63, 3.8) is 0 Å². The Morgan fingerprint density at radius 3 is 2.27 bits per heavy atom. The van der Waals surface area contributed by atoms with Gasteiger partial charge in [-0.1, -0.05) is 17.7 Å². The van der Waals surface area contributed by atoms with E-state index in [0.29, 0.717) is 30.5 Å². The number of nitrogens with zero attached hydrogens (tertiary/aromatic N) is 1. The Bertz CT molecular complexity index is 1570. The first kappa shape index (κ1) is 27.9. The number of carbonyl (C=O) groups is 2. The number of hydrogen-bond acceptors (Lipinski definition) is 6. The molecular formula is C27H23ClF3N3O5S. The SMILES string of the molecule is NC(=O)O[C@]1(c2cccnc2)C2CCC1C[C@H](S(=O)(=O)c1cc(C(=O)Nc3cc(F)c(F)c(F)c3)ccc1Cl)C2. The first-order valence-corrected chi connectivity index (χ1v) is 14.2. The summed E-state index contributed by atoms with van der Waals surface area (Å²) in [5.74, 6) is -6.29. The van der Waals surface area contributed by atoms with Crippen molar-refractivity contribution in [1.29, 1.82) is 0 Å². The van der Waals surface area contributed by atoms with Gasteiger partial charge in [-0.3, -0.25) is 9.78 Å². The first-order chi connectivity index (χ1) is 18.9. The number of carbonyl (C=O) groups excluding carboxylic acids is 2. The Kier molecular flexibility index (Phi) is 7.26. The average Bonchev–Trinajstić information content (AvgIpc) is 3.08. The molecule has 2 aliphatic rings. The molecule has 2 unspecified atom stereocenters. The average molecular weight is 594 g/mol. The number of primary amides is 1. The number of amides is 2. The second-order valence-electron chi connectivity index (χ2n) is 9.92. The molecule has 1 heterocycles. The molecular weight excluding hydrogens is 571 g/mol. The van der Waals surface area contributed by atoms with Gasteiger partial charge in [-0.25, -0.2) is 26.4 Å². The zero-order chi connectivity index (χ0) is 28.8. The van der Waals surface area contributed by atoms with Crippen LogP contribution in [0.15, 0.2) is 59.8 Å². The maximum Gasteiger partial charge on any atom is 0.405 e. The van der Waals surface area contributed by atoms with Crippen molar-refractivity contribution in [2.24, 2.45) is 17.6 Å². The molecule has 13 heteroatoms. The van der Waals surface area contributed by atoms with Crippen LogP contribution in [0.3, 0.4) is 0 Å². The number of sulfone groups is 1. The first-order valence-electron chi connectivity index (χ1n) is 12.3. The summed E-state index contributed by atoms with van der Waals surface area (Å²) in [5, 5.41) is 1.21. The third-order valence-corrected chi connectivity index (χ3v) is 10.4. The van der Waals surface area contributed by atoms with Crippen LogP contribution in [0.25, 0.3) is 0 Å². The monoisotopic (exact) mass is 593 g/mol. The van der Waals surface area contributed by atoms with E-state index < -0.39 is 50.1 Å². The molecule has 210 valence electrons. The fourth-order valence-corrected chi connectivity index (χ4v) is 8.47. The van der Waals surface area contributed by atoms with Crippen LogP contribution in [-0.4, -0.2) is 30.7 Å². The van der Waals surface area contributed by atoms with Crippen molar-refractivity contribution in [3.8, 4) is 0 Å². The van der Waals surface area contributed by atoms with E-state index in [-0.39, 0.29) is 45.8 Å². The normalized spacial score (nSPS) is 23.9. The largest absolute Gasteiger partial charge is 0.438 e. The fraction of sp³-hybridized carbons (Fsp3) is 0.296. The van der Waals surface area contributed by atoms with Gasteiger partial charge in [0.1, 0.15) is 5.60 Å². The highest BCUT2D eigenvalue weighted by Crippen LogP contribution is 2.58. The molecule has 1 aromatic heterocycles. The van der Waals surface area contributed by atoms with Crippen LogP contribution in [0.2, 0.25) is 5.02 Å². The lowest BCUT2D eigenvalue weighted by Gasteiger charge is -2.45. The minimum atomic E-state index is -4.10. The highest BCUT2D eigenvalue weighted by atomic mass is 35.5. The number of fused-ring (bicyclic) bond motifs is 2. The van der Waals surface area contributed by atoms with Gasteiger partial charge in [0.2, 0.25) is 0 Å². The van der Waals surface area contributed by atoms with Crippen molar-refractivity contribution in [1.82, 2.24) is 4.98 Å². The van der Waals surface area contributed by atoms with E-state index in [1.807, 2.05) is 0 Å². The maximum atomic E-state index is 13.9. The third-order valence-electron chi connectivity index (χ3n) is 7.73. The maximum absolute atomic E-state index is 13.9. The van der Waals surface area contributed by atoms with Gasteiger partial charge >= 0.3 is 6.09 Å². The molecule has 2 atom stereocenters. The van der Waals surface area contributed by atoms with Crippen LogP contribution in [0.1, 0.15) is 41.6 Å². The van der Waals surface area contributed by atoms with Gasteiger partial charge in [0.25, 0.3) is 5.91 Å². The Morgan fingerprint density at radius 1 is 1.05 bits per heavy atom. The molecule has 2 fully saturated rings. The third kappa shape index (κ3) is 4.79. The second-order valence-corrected chi connectivity index (χ2v) is 12.5. The van der Waals surface area contributed by atoms with Crippen LogP contribution < -0.4 is 11.1 Å². The van der Waals surface area contributed by atoms with Crippen LogP contribution in [0, 0.1) is 29.3 Å². The summed E-state index contributed by atoms with van der Waals surface area (Å²) in [6.07, 6.45) is 3.67. The quantitative estimate of drug-likeness (QED) is 0.370. The van der Waals surface area contributed by atoms with Crippen LogP contribution in [0.4, 0.5) is 23.7 Å². The van der Waals surface area contributed by atoms with Gasteiger partial charge in [0, 0.05) is 53.2 Å². The topological polar surface area (TPSA) is 128 Å². The lowest BCUT2D eigenvalue weighted by atomic mass is 9.70. The number of aromatic nitrogens is 1. The molecule has 2 bridgehead atoms. The predicted octanol–water partition coefficient (Wildman–Crippen LogP) is 5.36. The molecule has 2 amide bonds. The fourth-order valence-electron chi connectivity index (χ4n) is 6.07. The molecule has 3 aromatic rings. The number of ether oxygens (including phenoxy) is 1. The Balaban J connectivity index is 1.44. The highest BCUT2D eigenvalue weighted by molar-refractivity contribution is 7.92. The van der Waals surface area contributed by atoms with E-state index in [1.165, 1.54) is 12.1 Å². The number of pyridine rings is 1. The Morgan fingerprint density at radius 2 is 1.70 bits per heavy atom. The smallest absolute Gasteiger partial charge is 0.405 e. The standard InChI is InChI=1S/C27H23ClF3N3O5S/c28-20-6-3-14(25(35)34-18-11-21(29)24(31)22(30)12-18)8-23(20)40(37,38)19-9-15-4-5-16(10-19)27(15,39-26(32)36)17-2-1-7-33-13-17/h1-3,6-8,11-13,15-16,19H,4-5,9-10H2,(H2,32,36)(H,34,35)/t15?,16?,19-,27-. The summed E-state index contributed by atoms with van der Waals surface area (Å²) in [6.45, 7) is 0. The van der Waals surface area contributed by atoms with Gasteiger partial charge in [0.05, 0.1) is 15.2 Å².